The highest BCUT2D eigenvalue weighted by Gasteiger charge is 2.24. The number of hydrogen-bond donors (Lipinski definition) is 1. The molecule has 0 radical (unpaired) electrons. The molecule has 0 unspecified atom stereocenters. The molecule has 1 heterocycles. The van der Waals surface area contributed by atoms with E-state index in [0.717, 1.165) is 31.5 Å². The number of hydrogen-bond acceptors (Lipinski definition) is 2. The maximum atomic E-state index is 12.2. The summed E-state index contributed by atoms with van der Waals surface area (Å²) >= 11 is 0. The number of carbonyl (C=O) groups excluding carboxylic acids is 2. The Bertz CT molecular complexity index is 514. The van der Waals surface area contributed by atoms with Gasteiger partial charge in [-0.15, -0.1) is 0 Å². The number of carbonyl (C=O) groups is 2. The molecule has 4 heteroatoms. The van der Waals surface area contributed by atoms with E-state index >= 15 is 0 Å². The van der Waals surface area contributed by atoms with Gasteiger partial charge < -0.3 is 10.2 Å². The molecule has 0 spiro atoms. The smallest absolute Gasteiger partial charge is 0.251 e. The topological polar surface area (TPSA) is 49.4 Å². The normalized spacial score (nSPS) is 15.9. The van der Waals surface area contributed by atoms with Crippen LogP contribution in [0.2, 0.25) is 0 Å². The Morgan fingerprint density at radius 3 is 2.32 bits per heavy atom. The van der Waals surface area contributed by atoms with Crippen LogP contribution in [0.15, 0.2) is 24.3 Å². The molecule has 1 fully saturated rings. The minimum Gasteiger partial charge on any atom is -0.349 e. The van der Waals surface area contributed by atoms with Crippen LogP contribution in [0.25, 0.3) is 0 Å². The zero-order valence-corrected chi connectivity index (χ0v) is 13.8. The first-order valence-corrected chi connectivity index (χ1v) is 8.11. The van der Waals surface area contributed by atoms with E-state index in [9.17, 15) is 9.59 Å². The van der Waals surface area contributed by atoms with Crippen molar-refractivity contribution in [3.8, 4) is 0 Å². The number of nitrogens with zero attached hydrogens (tertiary/aromatic N) is 1. The van der Waals surface area contributed by atoms with E-state index in [0.29, 0.717) is 17.9 Å². The quantitative estimate of drug-likeness (QED) is 0.929. The fraction of sp³-hybridized carbons (Fsp3) is 0.556. The van der Waals surface area contributed by atoms with E-state index in [4.69, 9.17) is 0 Å². The third-order valence-electron chi connectivity index (χ3n) is 4.08. The molecule has 1 saturated heterocycles. The van der Waals surface area contributed by atoms with Crippen LogP contribution < -0.4 is 5.32 Å². The monoisotopic (exact) mass is 302 g/mol. The van der Waals surface area contributed by atoms with Crippen LogP contribution in [-0.4, -0.2) is 35.8 Å². The highest BCUT2D eigenvalue weighted by molar-refractivity contribution is 5.94. The first-order chi connectivity index (χ1) is 10.5. The molecular weight excluding hydrogens is 276 g/mol. The number of nitrogens with one attached hydrogen (secondary N) is 1. The number of piperidine rings is 1. The molecular formula is C18H26N2O2. The van der Waals surface area contributed by atoms with Crippen molar-refractivity contribution in [1.82, 2.24) is 10.2 Å². The average Bonchev–Trinajstić information content (AvgIpc) is 2.48. The largest absolute Gasteiger partial charge is 0.349 e. The molecule has 120 valence electrons. The predicted molar refractivity (Wildman–Crippen MR) is 87.7 cm³/mol. The van der Waals surface area contributed by atoms with Gasteiger partial charge in [0, 0.05) is 31.1 Å². The van der Waals surface area contributed by atoms with Crippen molar-refractivity contribution in [3.05, 3.63) is 35.4 Å². The first kappa shape index (κ1) is 16.5. The molecule has 1 aliphatic heterocycles. The second kappa shape index (κ2) is 7.43. The van der Waals surface area contributed by atoms with Crippen LogP contribution >= 0.6 is 0 Å². The standard InChI is InChI=1S/C18H26N2O2/c1-13(2)12-17(21)20-10-8-16(9-11-20)19-18(22)15-6-4-14(3)5-7-15/h4-7,13,16H,8-12H2,1-3H3,(H,19,22). The SMILES string of the molecule is Cc1ccc(C(=O)NC2CCN(C(=O)CC(C)C)CC2)cc1. The Morgan fingerprint density at radius 1 is 1.18 bits per heavy atom. The number of aryl methyl sites for hydroxylation is 1. The van der Waals surface area contributed by atoms with Crippen molar-refractivity contribution in [2.24, 2.45) is 5.92 Å². The third-order valence-corrected chi connectivity index (χ3v) is 4.08. The van der Waals surface area contributed by atoms with Crippen LogP contribution in [0.3, 0.4) is 0 Å². The lowest BCUT2D eigenvalue weighted by atomic mass is 10.0. The molecule has 0 bridgehead atoms. The molecule has 22 heavy (non-hydrogen) atoms. The van der Waals surface area contributed by atoms with Gasteiger partial charge in [-0.1, -0.05) is 31.5 Å². The maximum absolute atomic E-state index is 12.2. The fourth-order valence-corrected chi connectivity index (χ4v) is 2.73. The van der Waals surface area contributed by atoms with E-state index in [1.54, 1.807) is 0 Å². The molecule has 1 aliphatic rings. The van der Waals surface area contributed by atoms with Gasteiger partial charge in [-0.05, 0) is 37.8 Å². The van der Waals surface area contributed by atoms with Crippen molar-refractivity contribution in [1.29, 1.82) is 0 Å². The van der Waals surface area contributed by atoms with Gasteiger partial charge in [0.2, 0.25) is 5.91 Å². The number of benzene rings is 1. The lowest BCUT2D eigenvalue weighted by Crippen LogP contribution is -2.46. The fourth-order valence-electron chi connectivity index (χ4n) is 2.73. The number of likely N-dealkylation sites (tertiary alicyclic amines) is 1. The van der Waals surface area contributed by atoms with Crippen molar-refractivity contribution in [2.45, 2.75) is 46.1 Å². The van der Waals surface area contributed by atoms with Gasteiger partial charge in [0.25, 0.3) is 5.91 Å². The highest BCUT2D eigenvalue weighted by atomic mass is 16.2. The Labute approximate surface area is 132 Å². The highest BCUT2D eigenvalue weighted by Crippen LogP contribution is 2.14. The molecule has 0 atom stereocenters. The lowest BCUT2D eigenvalue weighted by Gasteiger charge is -2.32. The van der Waals surface area contributed by atoms with E-state index in [1.165, 1.54) is 0 Å². The molecule has 1 N–H and O–H groups in total. The average molecular weight is 302 g/mol. The van der Waals surface area contributed by atoms with Gasteiger partial charge in [-0.2, -0.15) is 0 Å². The Kier molecular flexibility index (Phi) is 5.58. The third kappa shape index (κ3) is 4.58. The summed E-state index contributed by atoms with van der Waals surface area (Å²) in [6.07, 6.45) is 2.28. The summed E-state index contributed by atoms with van der Waals surface area (Å²) in [5, 5.41) is 3.08. The Morgan fingerprint density at radius 2 is 1.77 bits per heavy atom. The number of rotatable bonds is 4. The minimum atomic E-state index is -0.0213. The lowest BCUT2D eigenvalue weighted by molar-refractivity contribution is -0.133. The van der Waals surface area contributed by atoms with Crippen molar-refractivity contribution in [3.63, 3.8) is 0 Å². The second-order valence-corrected chi connectivity index (χ2v) is 6.59. The van der Waals surface area contributed by atoms with Gasteiger partial charge >= 0.3 is 0 Å². The van der Waals surface area contributed by atoms with Gasteiger partial charge in [-0.25, -0.2) is 0 Å². The summed E-state index contributed by atoms with van der Waals surface area (Å²) in [6, 6.07) is 7.76. The Hall–Kier alpha value is -1.84. The van der Waals surface area contributed by atoms with Crippen molar-refractivity contribution < 1.29 is 9.59 Å². The summed E-state index contributed by atoms with van der Waals surface area (Å²) in [5.41, 5.74) is 1.84. The van der Waals surface area contributed by atoms with Crippen molar-refractivity contribution in [2.75, 3.05) is 13.1 Å². The summed E-state index contributed by atoms with van der Waals surface area (Å²) in [5.74, 6) is 0.608. The summed E-state index contributed by atoms with van der Waals surface area (Å²) in [7, 11) is 0. The molecule has 0 aliphatic carbocycles. The minimum absolute atomic E-state index is 0.0213. The molecule has 0 aromatic heterocycles. The molecule has 1 aromatic rings. The van der Waals surface area contributed by atoms with Gasteiger partial charge in [0.05, 0.1) is 0 Å². The van der Waals surface area contributed by atoms with Crippen LogP contribution in [0, 0.1) is 12.8 Å². The summed E-state index contributed by atoms with van der Waals surface area (Å²) in [6.45, 7) is 7.61. The zero-order chi connectivity index (χ0) is 16.1. The Balaban J connectivity index is 1.81. The summed E-state index contributed by atoms with van der Waals surface area (Å²) in [4.78, 5) is 26.1. The number of amides is 2. The molecule has 4 nitrogen and oxygen atoms in total. The van der Waals surface area contributed by atoms with Crippen LogP contribution in [-0.2, 0) is 4.79 Å². The van der Waals surface area contributed by atoms with E-state index < -0.39 is 0 Å². The molecule has 0 saturated carbocycles. The van der Waals surface area contributed by atoms with E-state index in [1.807, 2.05) is 36.1 Å². The zero-order valence-electron chi connectivity index (χ0n) is 13.8. The first-order valence-electron chi connectivity index (χ1n) is 8.11. The molecule has 1 aromatic carbocycles. The van der Waals surface area contributed by atoms with E-state index in [2.05, 4.69) is 19.2 Å². The molecule has 2 rings (SSSR count). The van der Waals surface area contributed by atoms with E-state index in [-0.39, 0.29) is 17.9 Å². The molecule has 2 amide bonds. The summed E-state index contributed by atoms with van der Waals surface area (Å²) < 4.78 is 0. The van der Waals surface area contributed by atoms with Crippen LogP contribution in [0.1, 0.15) is 49.0 Å². The van der Waals surface area contributed by atoms with Gasteiger partial charge in [0.15, 0.2) is 0 Å². The maximum Gasteiger partial charge on any atom is 0.251 e. The van der Waals surface area contributed by atoms with Crippen LogP contribution in [0.5, 0.6) is 0 Å². The van der Waals surface area contributed by atoms with Crippen molar-refractivity contribution >= 4 is 11.8 Å². The van der Waals surface area contributed by atoms with Gasteiger partial charge in [0.1, 0.15) is 0 Å². The second-order valence-electron chi connectivity index (χ2n) is 6.59. The van der Waals surface area contributed by atoms with Crippen LogP contribution in [0.4, 0.5) is 0 Å². The predicted octanol–water partition coefficient (Wildman–Crippen LogP) is 2.76. The van der Waals surface area contributed by atoms with Gasteiger partial charge in [-0.3, -0.25) is 9.59 Å².